The quantitative estimate of drug-likeness (QED) is 0.514. The van der Waals surface area contributed by atoms with Gasteiger partial charge in [0, 0.05) is 22.0 Å². The second-order valence-electron chi connectivity index (χ2n) is 7.01. The fraction of sp³-hybridized carbons (Fsp3) is 0.333. The summed E-state index contributed by atoms with van der Waals surface area (Å²) in [7, 11) is -3.66. The first-order valence-electron chi connectivity index (χ1n) is 9.72. The molecule has 1 aromatic heterocycles. The van der Waals surface area contributed by atoms with E-state index < -0.39 is 15.9 Å². The molecule has 9 heteroatoms. The van der Waals surface area contributed by atoms with Gasteiger partial charge in [-0.3, -0.25) is 4.79 Å². The third-order valence-corrected chi connectivity index (χ3v) is 6.67. The van der Waals surface area contributed by atoms with Gasteiger partial charge in [0.05, 0.1) is 23.3 Å². The molecule has 0 bridgehead atoms. The van der Waals surface area contributed by atoms with E-state index in [1.807, 2.05) is 24.5 Å². The molecule has 0 saturated carbocycles. The molecule has 3 rings (SSSR count). The minimum atomic E-state index is -3.66. The summed E-state index contributed by atoms with van der Waals surface area (Å²) in [6.45, 7) is 4.34. The predicted octanol–water partition coefficient (Wildman–Crippen LogP) is 4.81. The fourth-order valence-electron chi connectivity index (χ4n) is 3.17. The highest BCUT2D eigenvalue weighted by Crippen LogP contribution is 2.25. The van der Waals surface area contributed by atoms with E-state index in [1.165, 1.54) is 0 Å². The number of imidazole rings is 1. The standard InChI is InChI=1S/C21H23Cl2N3O3S/c1-3-5-10-30(28,29)25-21(27)14-7-9-18-19(11-14)26(20(4-2)24-18)13-15-6-8-16(22)12-17(15)23/h6-9,11-12H,3-5,10,13H2,1-2H3,(H,25,27). The van der Waals surface area contributed by atoms with Crippen molar-refractivity contribution in [3.05, 3.63) is 63.4 Å². The van der Waals surface area contributed by atoms with E-state index in [0.29, 0.717) is 29.4 Å². The number of rotatable bonds is 8. The predicted molar refractivity (Wildman–Crippen MR) is 121 cm³/mol. The van der Waals surface area contributed by atoms with Crippen LogP contribution in [0.15, 0.2) is 36.4 Å². The van der Waals surface area contributed by atoms with Crippen LogP contribution in [0, 0.1) is 0 Å². The number of nitrogens with zero attached hydrogens (tertiary/aromatic N) is 2. The largest absolute Gasteiger partial charge is 0.323 e. The highest BCUT2D eigenvalue weighted by Gasteiger charge is 2.18. The number of fused-ring (bicyclic) bond motifs is 1. The summed E-state index contributed by atoms with van der Waals surface area (Å²) in [5, 5.41) is 1.10. The zero-order valence-corrected chi connectivity index (χ0v) is 19.1. The van der Waals surface area contributed by atoms with Gasteiger partial charge in [0.2, 0.25) is 10.0 Å². The summed E-state index contributed by atoms with van der Waals surface area (Å²) in [5.74, 6) is 0.109. The van der Waals surface area contributed by atoms with Crippen molar-refractivity contribution in [2.24, 2.45) is 0 Å². The molecule has 1 N–H and O–H groups in total. The topological polar surface area (TPSA) is 81.1 Å². The monoisotopic (exact) mass is 467 g/mol. The Morgan fingerprint density at radius 3 is 2.57 bits per heavy atom. The minimum Gasteiger partial charge on any atom is -0.323 e. The SMILES string of the molecule is CCCCS(=O)(=O)NC(=O)c1ccc2nc(CC)n(Cc3ccc(Cl)cc3Cl)c2c1. The molecule has 0 atom stereocenters. The summed E-state index contributed by atoms with van der Waals surface area (Å²) in [5.41, 5.74) is 2.58. The highest BCUT2D eigenvalue weighted by atomic mass is 35.5. The molecule has 3 aromatic rings. The average molecular weight is 468 g/mol. The van der Waals surface area contributed by atoms with E-state index in [4.69, 9.17) is 23.2 Å². The molecule has 0 saturated heterocycles. The number of hydrogen-bond donors (Lipinski definition) is 1. The Morgan fingerprint density at radius 2 is 1.90 bits per heavy atom. The van der Waals surface area contributed by atoms with Gasteiger partial charge in [-0.05, 0) is 42.3 Å². The van der Waals surface area contributed by atoms with Crippen LogP contribution in [0.3, 0.4) is 0 Å². The second kappa shape index (κ2) is 9.37. The fourth-order valence-corrected chi connectivity index (χ4v) is 4.81. The van der Waals surface area contributed by atoms with E-state index in [-0.39, 0.29) is 11.3 Å². The first-order chi connectivity index (χ1) is 14.2. The normalized spacial score (nSPS) is 11.7. The Balaban J connectivity index is 1.97. The van der Waals surface area contributed by atoms with Crippen molar-refractivity contribution >= 4 is 50.2 Å². The lowest BCUT2D eigenvalue weighted by atomic mass is 10.1. The van der Waals surface area contributed by atoms with Crippen LogP contribution in [0.5, 0.6) is 0 Å². The maximum absolute atomic E-state index is 12.5. The first kappa shape index (κ1) is 22.6. The van der Waals surface area contributed by atoms with E-state index >= 15 is 0 Å². The highest BCUT2D eigenvalue weighted by molar-refractivity contribution is 7.90. The summed E-state index contributed by atoms with van der Waals surface area (Å²) in [6, 6.07) is 10.3. The summed E-state index contributed by atoms with van der Waals surface area (Å²) >= 11 is 12.3. The van der Waals surface area contributed by atoms with Crippen molar-refractivity contribution in [3.8, 4) is 0 Å². The van der Waals surface area contributed by atoms with Crippen molar-refractivity contribution in [1.82, 2.24) is 14.3 Å². The van der Waals surface area contributed by atoms with Crippen LogP contribution in [0.2, 0.25) is 10.0 Å². The van der Waals surface area contributed by atoms with Crippen LogP contribution in [-0.2, 0) is 23.0 Å². The molecule has 0 fully saturated rings. The number of aryl methyl sites for hydroxylation is 1. The molecule has 30 heavy (non-hydrogen) atoms. The molecule has 0 aliphatic heterocycles. The van der Waals surface area contributed by atoms with E-state index in [9.17, 15) is 13.2 Å². The Hall–Kier alpha value is -2.09. The van der Waals surface area contributed by atoms with Crippen molar-refractivity contribution in [2.75, 3.05) is 5.75 Å². The van der Waals surface area contributed by atoms with Crippen LogP contribution < -0.4 is 4.72 Å². The van der Waals surface area contributed by atoms with Crippen molar-refractivity contribution in [1.29, 1.82) is 0 Å². The molecule has 1 amide bonds. The molecule has 1 heterocycles. The van der Waals surface area contributed by atoms with Gasteiger partial charge in [-0.2, -0.15) is 0 Å². The number of carbonyl (C=O) groups excluding carboxylic acids is 1. The number of amides is 1. The van der Waals surface area contributed by atoms with E-state index in [2.05, 4.69) is 9.71 Å². The van der Waals surface area contributed by atoms with Crippen LogP contribution in [0.4, 0.5) is 0 Å². The number of unbranched alkanes of at least 4 members (excludes halogenated alkanes) is 1. The number of halogens is 2. The van der Waals surface area contributed by atoms with Crippen LogP contribution in [0.25, 0.3) is 11.0 Å². The number of sulfonamides is 1. The molecular weight excluding hydrogens is 445 g/mol. The summed E-state index contributed by atoms with van der Waals surface area (Å²) < 4.78 is 28.3. The molecule has 160 valence electrons. The van der Waals surface area contributed by atoms with E-state index in [1.54, 1.807) is 30.3 Å². The van der Waals surface area contributed by atoms with Crippen molar-refractivity contribution < 1.29 is 13.2 Å². The Bertz CT molecular complexity index is 1190. The van der Waals surface area contributed by atoms with Gasteiger partial charge in [0.1, 0.15) is 5.82 Å². The van der Waals surface area contributed by atoms with Gasteiger partial charge in [0.25, 0.3) is 5.91 Å². The lowest BCUT2D eigenvalue weighted by Gasteiger charge is -2.11. The van der Waals surface area contributed by atoms with Crippen LogP contribution >= 0.6 is 23.2 Å². The van der Waals surface area contributed by atoms with Gasteiger partial charge in [-0.25, -0.2) is 18.1 Å². The van der Waals surface area contributed by atoms with E-state index in [0.717, 1.165) is 28.8 Å². The maximum atomic E-state index is 12.5. The first-order valence-corrected chi connectivity index (χ1v) is 12.1. The number of benzene rings is 2. The lowest BCUT2D eigenvalue weighted by Crippen LogP contribution is -2.32. The molecule has 0 radical (unpaired) electrons. The average Bonchev–Trinajstić information content (AvgIpc) is 3.05. The third-order valence-electron chi connectivity index (χ3n) is 4.76. The number of nitrogens with one attached hydrogen (secondary N) is 1. The van der Waals surface area contributed by atoms with Crippen LogP contribution in [0.1, 0.15) is 48.4 Å². The Kier molecular flexibility index (Phi) is 7.06. The van der Waals surface area contributed by atoms with Gasteiger partial charge < -0.3 is 4.57 Å². The molecule has 2 aromatic carbocycles. The van der Waals surface area contributed by atoms with Crippen molar-refractivity contribution in [3.63, 3.8) is 0 Å². The number of carbonyl (C=O) groups is 1. The zero-order valence-electron chi connectivity index (χ0n) is 16.8. The van der Waals surface area contributed by atoms with Crippen molar-refractivity contribution in [2.45, 2.75) is 39.7 Å². The Labute approximate surface area is 186 Å². The maximum Gasteiger partial charge on any atom is 0.264 e. The molecule has 0 aliphatic rings. The summed E-state index contributed by atoms with van der Waals surface area (Å²) in [4.78, 5) is 17.2. The van der Waals surface area contributed by atoms with Gasteiger partial charge >= 0.3 is 0 Å². The smallest absolute Gasteiger partial charge is 0.264 e. The van der Waals surface area contributed by atoms with Crippen LogP contribution in [-0.4, -0.2) is 29.6 Å². The lowest BCUT2D eigenvalue weighted by molar-refractivity contribution is 0.0981. The molecular formula is C21H23Cl2N3O3S. The molecule has 0 spiro atoms. The molecule has 0 aliphatic carbocycles. The van der Waals surface area contributed by atoms with Gasteiger partial charge in [0.15, 0.2) is 0 Å². The molecule has 6 nitrogen and oxygen atoms in total. The van der Waals surface area contributed by atoms with Gasteiger partial charge in [-0.1, -0.05) is 49.5 Å². The number of hydrogen-bond acceptors (Lipinski definition) is 4. The van der Waals surface area contributed by atoms with Gasteiger partial charge in [-0.15, -0.1) is 0 Å². The third kappa shape index (κ3) is 5.14. The zero-order chi connectivity index (χ0) is 21.9. The summed E-state index contributed by atoms with van der Waals surface area (Å²) in [6.07, 6.45) is 1.91. The Morgan fingerprint density at radius 1 is 1.13 bits per heavy atom. The second-order valence-corrected chi connectivity index (χ2v) is 9.70. The number of aromatic nitrogens is 2. The molecule has 0 unspecified atom stereocenters. The minimum absolute atomic E-state index is 0.0789.